The molecule has 1 heterocycles. The first-order valence-corrected chi connectivity index (χ1v) is 6.97. The Morgan fingerprint density at radius 1 is 1.52 bits per heavy atom. The highest BCUT2D eigenvalue weighted by molar-refractivity contribution is 6.06. The number of rotatable bonds is 6. The molecule has 0 aromatic heterocycles. The summed E-state index contributed by atoms with van der Waals surface area (Å²) in [5.74, 6) is 1.56. The van der Waals surface area contributed by atoms with E-state index in [0.29, 0.717) is 29.7 Å². The maximum atomic E-state index is 11.6. The summed E-state index contributed by atoms with van der Waals surface area (Å²) in [4.78, 5) is 11.6. The molecule has 0 saturated heterocycles. The highest BCUT2D eigenvalue weighted by atomic mass is 16.5. The molecule has 0 bridgehead atoms. The highest BCUT2D eigenvalue weighted by Gasteiger charge is 2.20. The van der Waals surface area contributed by atoms with Crippen molar-refractivity contribution in [2.45, 2.75) is 20.3 Å². The minimum Gasteiger partial charge on any atom is -0.486 e. The number of amides is 1. The Morgan fingerprint density at radius 3 is 3.05 bits per heavy atom. The SMILES string of the molecule is CC(C)CCNC(=O)COc1ccc2c(c1)OCC2=NO. The van der Waals surface area contributed by atoms with Gasteiger partial charge in [-0.15, -0.1) is 0 Å². The smallest absolute Gasteiger partial charge is 0.257 e. The van der Waals surface area contributed by atoms with Gasteiger partial charge in [0, 0.05) is 18.2 Å². The summed E-state index contributed by atoms with van der Waals surface area (Å²) in [5, 5.41) is 14.8. The van der Waals surface area contributed by atoms with Gasteiger partial charge in [0.05, 0.1) is 0 Å². The molecule has 6 nitrogen and oxygen atoms in total. The van der Waals surface area contributed by atoms with Crippen molar-refractivity contribution in [1.29, 1.82) is 0 Å². The van der Waals surface area contributed by atoms with Crippen LogP contribution in [0.3, 0.4) is 0 Å². The minimum atomic E-state index is -0.144. The third-order valence-electron chi connectivity index (χ3n) is 3.16. The van der Waals surface area contributed by atoms with Gasteiger partial charge in [0.1, 0.15) is 23.8 Å². The lowest BCUT2D eigenvalue weighted by molar-refractivity contribution is -0.123. The van der Waals surface area contributed by atoms with Crippen LogP contribution in [0.15, 0.2) is 23.4 Å². The first-order valence-electron chi connectivity index (χ1n) is 6.97. The molecule has 114 valence electrons. The van der Waals surface area contributed by atoms with E-state index in [4.69, 9.17) is 14.7 Å². The molecule has 0 spiro atoms. The Kier molecular flexibility index (Phi) is 5.03. The van der Waals surface area contributed by atoms with Gasteiger partial charge in [-0.25, -0.2) is 0 Å². The maximum Gasteiger partial charge on any atom is 0.257 e. The molecule has 0 aliphatic carbocycles. The van der Waals surface area contributed by atoms with Crippen molar-refractivity contribution in [2.24, 2.45) is 11.1 Å². The van der Waals surface area contributed by atoms with Gasteiger partial charge in [-0.2, -0.15) is 0 Å². The van der Waals surface area contributed by atoms with Crippen molar-refractivity contribution >= 4 is 11.6 Å². The number of ether oxygens (including phenoxy) is 2. The fourth-order valence-corrected chi connectivity index (χ4v) is 1.96. The zero-order chi connectivity index (χ0) is 15.2. The summed E-state index contributed by atoms with van der Waals surface area (Å²) >= 11 is 0. The summed E-state index contributed by atoms with van der Waals surface area (Å²) in [6.45, 7) is 5.08. The van der Waals surface area contributed by atoms with Crippen LogP contribution in [0.4, 0.5) is 0 Å². The van der Waals surface area contributed by atoms with Crippen LogP contribution in [0.2, 0.25) is 0 Å². The molecule has 1 aliphatic heterocycles. The molecule has 1 amide bonds. The molecule has 2 N–H and O–H groups in total. The number of benzene rings is 1. The van der Waals surface area contributed by atoms with Gasteiger partial charge in [-0.05, 0) is 24.5 Å². The third-order valence-corrected chi connectivity index (χ3v) is 3.16. The number of carbonyl (C=O) groups excluding carboxylic acids is 1. The normalized spacial score (nSPS) is 14.9. The molecular weight excluding hydrogens is 272 g/mol. The summed E-state index contributed by atoms with van der Waals surface area (Å²) in [7, 11) is 0. The van der Waals surface area contributed by atoms with Gasteiger partial charge in [0.2, 0.25) is 0 Å². The second-order valence-corrected chi connectivity index (χ2v) is 5.31. The first-order chi connectivity index (χ1) is 10.1. The van der Waals surface area contributed by atoms with Gasteiger partial charge in [-0.1, -0.05) is 19.0 Å². The van der Waals surface area contributed by atoms with Crippen LogP contribution in [0, 0.1) is 5.92 Å². The average molecular weight is 292 g/mol. The minimum absolute atomic E-state index is 0.0299. The molecule has 0 atom stereocenters. The number of hydrogen-bond acceptors (Lipinski definition) is 5. The van der Waals surface area contributed by atoms with E-state index in [2.05, 4.69) is 24.3 Å². The standard InChI is InChI=1S/C15H20N2O4/c1-10(2)5-6-16-15(18)9-20-11-3-4-12-13(17-19)8-21-14(12)7-11/h3-4,7,10,19H,5-6,8-9H2,1-2H3,(H,16,18). The fourth-order valence-electron chi connectivity index (χ4n) is 1.96. The Bertz CT molecular complexity index is 540. The number of nitrogens with one attached hydrogen (secondary N) is 1. The van der Waals surface area contributed by atoms with Gasteiger partial charge >= 0.3 is 0 Å². The first kappa shape index (κ1) is 15.2. The molecule has 1 aromatic carbocycles. The topological polar surface area (TPSA) is 80.2 Å². The van der Waals surface area contributed by atoms with Gasteiger partial charge in [0.15, 0.2) is 6.61 Å². The maximum absolute atomic E-state index is 11.6. The lowest BCUT2D eigenvalue weighted by Crippen LogP contribution is -2.30. The van der Waals surface area contributed by atoms with E-state index < -0.39 is 0 Å². The van der Waals surface area contributed by atoms with Crippen molar-refractivity contribution in [2.75, 3.05) is 19.8 Å². The van der Waals surface area contributed by atoms with E-state index in [-0.39, 0.29) is 19.1 Å². The lowest BCUT2D eigenvalue weighted by Gasteiger charge is -2.09. The van der Waals surface area contributed by atoms with Crippen molar-refractivity contribution in [1.82, 2.24) is 5.32 Å². The summed E-state index contributed by atoms with van der Waals surface area (Å²) in [5.41, 5.74) is 1.23. The Morgan fingerprint density at radius 2 is 2.33 bits per heavy atom. The number of hydrogen-bond donors (Lipinski definition) is 2. The number of carbonyl (C=O) groups is 1. The summed E-state index contributed by atoms with van der Waals surface area (Å²) < 4.78 is 10.8. The molecule has 21 heavy (non-hydrogen) atoms. The van der Waals surface area contributed by atoms with Crippen LogP contribution in [-0.4, -0.2) is 36.6 Å². The Labute approximate surface area is 123 Å². The lowest BCUT2D eigenvalue weighted by atomic mass is 10.1. The second kappa shape index (κ2) is 6.97. The van der Waals surface area contributed by atoms with E-state index in [9.17, 15) is 4.79 Å². The molecule has 0 unspecified atom stereocenters. The third kappa shape index (κ3) is 4.11. The molecule has 0 radical (unpaired) electrons. The average Bonchev–Trinajstić information content (AvgIpc) is 2.87. The molecule has 2 rings (SSSR count). The number of oxime groups is 1. The van der Waals surface area contributed by atoms with Crippen LogP contribution in [0.5, 0.6) is 11.5 Å². The van der Waals surface area contributed by atoms with Gasteiger partial charge in [0.25, 0.3) is 5.91 Å². The number of nitrogens with zero attached hydrogens (tertiary/aromatic N) is 1. The molecule has 0 fully saturated rings. The Balaban J connectivity index is 1.83. The van der Waals surface area contributed by atoms with Crippen LogP contribution in [-0.2, 0) is 4.79 Å². The zero-order valence-corrected chi connectivity index (χ0v) is 12.3. The summed E-state index contributed by atoms with van der Waals surface area (Å²) in [6.07, 6.45) is 0.946. The van der Waals surface area contributed by atoms with E-state index in [1.807, 2.05) is 0 Å². The molecule has 1 aliphatic rings. The predicted octanol–water partition coefficient (Wildman–Crippen LogP) is 1.80. The van der Waals surface area contributed by atoms with Crippen molar-refractivity contribution in [3.8, 4) is 11.5 Å². The van der Waals surface area contributed by atoms with E-state index in [1.165, 1.54) is 0 Å². The van der Waals surface area contributed by atoms with Crippen LogP contribution < -0.4 is 14.8 Å². The van der Waals surface area contributed by atoms with E-state index >= 15 is 0 Å². The van der Waals surface area contributed by atoms with Crippen molar-refractivity contribution in [3.05, 3.63) is 23.8 Å². The fraction of sp³-hybridized carbons (Fsp3) is 0.467. The molecule has 6 heteroatoms. The predicted molar refractivity (Wildman–Crippen MR) is 78.2 cm³/mol. The number of fused-ring (bicyclic) bond motifs is 1. The summed E-state index contributed by atoms with van der Waals surface area (Å²) in [6, 6.07) is 5.17. The van der Waals surface area contributed by atoms with E-state index in [1.54, 1.807) is 18.2 Å². The molecule has 0 saturated carbocycles. The van der Waals surface area contributed by atoms with Gasteiger partial charge < -0.3 is 20.0 Å². The highest BCUT2D eigenvalue weighted by Crippen LogP contribution is 2.29. The quantitative estimate of drug-likeness (QED) is 0.619. The van der Waals surface area contributed by atoms with Crippen LogP contribution in [0.25, 0.3) is 0 Å². The van der Waals surface area contributed by atoms with Crippen LogP contribution >= 0.6 is 0 Å². The van der Waals surface area contributed by atoms with Crippen molar-refractivity contribution < 1.29 is 19.5 Å². The molecular formula is C15H20N2O4. The largest absolute Gasteiger partial charge is 0.486 e. The van der Waals surface area contributed by atoms with E-state index in [0.717, 1.165) is 12.0 Å². The monoisotopic (exact) mass is 292 g/mol. The van der Waals surface area contributed by atoms with Gasteiger partial charge in [-0.3, -0.25) is 4.79 Å². The zero-order valence-electron chi connectivity index (χ0n) is 12.3. The Hall–Kier alpha value is -2.24. The second-order valence-electron chi connectivity index (χ2n) is 5.31. The van der Waals surface area contributed by atoms with Crippen LogP contribution in [0.1, 0.15) is 25.8 Å². The van der Waals surface area contributed by atoms with Crippen molar-refractivity contribution in [3.63, 3.8) is 0 Å². The molecule has 1 aromatic rings.